The van der Waals surface area contributed by atoms with E-state index >= 15 is 0 Å². The van der Waals surface area contributed by atoms with Crippen LogP contribution >= 0.6 is 15.9 Å². The molecule has 0 saturated carbocycles. The van der Waals surface area contributed by atoms with Crippen molar-refractivity contribution < 1.29 is 4.74 Å². The molecule has 0 spiro atoms. The molecule has 96 valence electrons. The Kier molecular flexibility index (Phi) is 4.25. The Morgan fingerprint density at radius 2 is 2.28 bits per heavy atom. The van der Waals surface area contributed by atoms with Crippen molar-refractivity contribution in [2.24, 2.45) is 7.05 Å². The monoisotopic (exact) mass is 309 g/mol. The molecule has 0 radical (unpaired) electrons. The van der Waals surface area contributed by atoms with Gasteiger partial charge in [0, 0.05) is 38.1 Å². The van der Waals surface area contributed by atoms with E-state index < -0.39 is 0 Å². The van der Waals surface area contributed by atoms with Crippen LogP contribution in [0.1, 0.15) is 5.82 Å². The van der Waals surface area contributed by atoms with Crippen molar-refractivity contribution in [3.8, 4) is 5.75 Å². The van der Waals surface area contributed by atoms with Gasteiger partial charge in [-0.15, -0.1) is 0 Å². The van der Waals surface area contributed by atoms with E-state index in [9.17, 15) is 0 Å². The van der Waals surface area contributed by atoms with Crippen molar-refractivity contribution in [3.05, 3.63) is 40.9 Å². The van der Waals surface area contributed by atoms with Crippen LogP contribution in [0.4, 0.5) is 5.69 Å². The van der Waals surface area contributed by atoms with E-state index in [1.54, 1.807) is 7.11 Å². The fourth-order valence-corrected chi connectivity index (χ4v) is 2.27. The van der Waals surface area contributed by atoms with Crippen LogP contribution in [0.25, 0.3) is 0 Å². The number of aromatic nitrogens is 2. The van der Waals surface area contributed by atoms with Gasteiger partial charge < -0.3 is 14.6 Å². The lowest BCUT2D eigenvalue weighted by Crippen LogP contribution is -2.08. The first-order chi connectivity index (χ1) is 8.70. The smallest absolute Gasteiger partial charge is 0.133 e. The summed E-state index contributed by atoms with van der Waals surface area (Å²) in [5.74, 6) is 1.92. The number of ether oxygens (including phenoxy) is 1. The third-order valence-electron chi connectivity index (χ3n) is 2.75. The average Bonchev–Trinajstić information content (AvgIpc) is 2.75. The molecule has 1 N–H and O–H groups in total. The zero-order chi connectivity index (χ0) is 13.0. The fourth-order valence-electron chi connectivity index (χ4n) is 1.73. The highest BCUT2D eigenvalue weighted by atomic mass is 79.9. The molecule has 0 aliphatic rings. The summed E-state index contributed by atoms with van der Waals surface area (Å²) in [5.41, 5.74) is 1.07. The molecule has 5 heteroatoms. The summed E-state index contributed by atoms with van der Waals surface area (Å²) in [5, 5.41) is 3.36. The van der Waals surface area contributed by atoms with Crippen LogP contribution in [-0.2, 0) is 13.5 Å². The molecule has 0 atom stereocenters. The lowest BCUT2D eigenvalue weighted by atomic mass is 10.3. The molecule has 2 rings (SSSR count). The maximum Gasteiger partial charge on any atom is 0.133 e. The summed E-state index contributed by atoms with van der Waals surface area (Å²) in [7, 11) is 3.67. The van der Waals surface area contributed by atoms with Gasteiger partial charge in [0.15, 0.2) is 0 Å². The van der Waals surface area contributed by atoms with Crippen molar-refractivity contribution in [3.63, 3.8) is 0 Å². The summed E-state index contributed by atoms with van der Waals surface area (Å²) in [6.07, 6.45) is 4.67. The molecule has 1 aromatic heterocycles. The molecule has 2 aromatic rings. The number of nitrogens with one attached hydrogen (secondary N) is 1. The maximum atomic E-state index is 5.19. The standard InChI is InChI=1S/C13H16BrN3O/c1-17-8-7-16-13(17)5-6-15-10-3-4-12(18-2)11(14)9-10/h3-4,7-9,15H,5-6H2,1-2H3. The molecule has 4 nitrogen and oxygen atoms in total. The Morgan fingerprint density at radius 1 is 1.44 bits per heavy atom. The Bertz CT molecular complexity index is 525. The first kappa shape index (κ1) is 13.0. The van der Waals surface area contributed by atoms with Crippen molar-refractivity contribution in [2.45, 2.75) is 6.42 Å². The van der Waals surface area contributed by atoms with E-state index in [1.165, 1.54) is 0 Å². The summed E-state index contributed by atoms with van der Waals surface area (Å²) in [4.78, 5) is 4.29. The number of nitrogens with zero attached hydrogens (tertiary/aromatic N) is 2. The molecule has 18 heavy (non-hydrogen) atoms. The molecule has 0 fully saturated rings. The predicted octanol–water partition coefficient (Wildman–Crippen LogP) is 2.85. The second-order valence-corrected chi connectivity index (χ2v) is 4.83. The summed E-state index contributed by atoms with van der Waals surface area (Å²) in [6.45, 7) is 0.851. The number of methoxy groups -OCH3 is 1. The van der Waals surface area contributed by atoms with Crippen LogP contribution in [-0.4, -0.2) is 23.2 Å². The van der Waals surface area contributed by atoms with Gasteiger partial charge in [0.05, 0.1) is 11.6 Å². The second-order valence-electron chi connectivity index (χ2n) is 3.98. The van der Waals surface area contributed by atoms with Crippen LogP contribution in [0.5, 0.6) is 5.75 Å². The minimum atomic E-state index is 0.838. The molecular formula is C13H16BrN3O. The van der Waals surface area contributed by atoms with Gasteiger partial charge in [0.2, 0.25) is 0 Å². The second kappa shape index (κ2) is 5.91. The van der Waals surface area contributed by atoms with Gasteiger partial charge in [-0.05, 0) is 34.1 Å². The number of anilines is 1. The van der Waals surface area contributed by atoms with Gasteiger partial charge >= 0.3 is 0 Å². The van der Waals surface area contributed by atoms with Crippen molar-refractivity contribution >= 4 is 21.6 Å². The quantitative estimate of drug-likeness (QED) is 0.923. The number of hydrogen-bond acceptors (Lipinski definition) is 3. The number of rotatable bonds is 5. The minimum Gasteiger partial charge on any atom is -0.496 e. The van der Waals surface area contributed by atoms with Crippen molar-refractivity contribution in [2.75, 3.05) is 19.0 Å². The third kappa shape index (κ3) is 3.04. The molecule has 0 saturated heterocycles. The molecule has 0 bridgehead atoms. The first-order valence-corrected chi connectivity index (χ1v) is 6.53. The van der Waals surface area contributed by atoms with Gasteiger partial charge in [-0.3, -0.25) is 0 Å². The lowest BCUT2D eigenvalue weighted by molar-refractivity contribution is 0.412. The first-order valence-electron chi connectivity index (χ1n) is 5.74. The zero-order valence-corrected chi connectivity index (χ0v) is 12.1. The van der Waals surface area contributed by atoms with Crippen LogP contribution in [0.3, 0.4) is 0 Å². The Labute approximate surface area is 115 Å². The Balaban J connectivity index is 1.91. The van der Waals surface area contributed by atoms with Gasteiger partial charge in [-0.25, -0.2) is 4.98 Å². The van der Waals surface area contributed by atoms with Crippen LogP contribution < -0.4 is 10.1 Å². The van der Waals surface area contributed by atoms with E-state index in [4.69, 9.17) is 4.74 Å². The molecule has 0 amide bonds. The molecule has 1 aromatic carbocycles. The minimum absolute atomic E-state index is 0.838. The summed E-state index contributed by atoms with van der Waals surface area (Å²) >= 11 is 3.47. The molecule has 0 aliphatic heterocycles. The van der Waals surface area contributed by atoms with Crippen LogP contribution in [0, 0.1) is 0 Å². The van der Waals surface area contributed by atoms with E-state index in [0.29, 0.717) is 0 Å². The third-order valence-corrected chi connectivity index (χ3v) is 3.37. The highest BCUT2D eigenvalue weighted by Crippen LogP contribution is 2.27. The number of halogens is 1. The van der Waals surface area contributed by atoms with E-state index in [0.717, 1.165) is 34.7 Å². The van der Waals surface area contributed by atoms with Gasteiger partial charge in [0.1, 0.15) is 11.6 Å². The van der Waals surface area contributed by atoms with Crippen LogP contribution in [0.2, 0.25) is 0 Å². The summed E-state index contributed by atoms with van der Waals surface area (Å²) in [6, 6.07) is 5.95. The summed E-state index contributed by atoms with van der Waals surface area (Å²) < 4.78 is 8.18. The lowest BCUT2D eigenvalue weighted by Gasteiger charge is -2.09. The van der Waals surface area contributed by atoms with Gasteiger partial charge in [-0.1, -0.05) is 0 Å². The number of imidazole rings is 1. The SMILES string of the molecule is COc1ccc(NCCc2nccn2C)cc1Br. The number of benzene rings is 1. The highest BCUT2D eigenvalue weighted by Gasteiger charge is 2.02. The van der Waals surface area contributed by atoms with Crippen LogP contribution in [0.15, 0.2) is 35.1 Å². The fraction of sp³-hybridized carbons (Fsp3) is 0.308. The van der Waals surface area contributed by atoms with E-state index in [2.05, 4.69) is 26.2 Å². The molecular weight excluding hydrogens is 294 g/mol. The van der Waals surface area contributed by atoms with Gasteiger partial charge in [-0.2, -0.15) is 0 Å². The average molecular weight is 310 g/mol. The largest absolute Gasteiger partial charge is 0.496 e. The zero-order valence-electron chi connectivity index (χ0n) is 10.5. The van der Waals surface area contributed by atoms with E-state index in [-0.39, 0.29) is 0 Å². The Hall–Kier alpha value is -1.49. The van der Waals surface area contributed by atoms with Gasteiger partial charge in [0.25, 0.3) is 0 Å². The van der Waals surface area contributed by atoms with Crippen molar-refractivity contribution in [1.29, 1.82) is 0 Å². The molecule has 0 aliphatic carbocycles. The topological polar surface area (TPSA) is 39.1 Å². The van der Waals surface area contributed by atoms with Crippen molar-refractivity contribution in [1.82, 2.24) is 9.55 Å². The van der Waals surface area contributed by atoms with E-state index in [1.807, 2.05) is 42.2 Å². The Morgan fingerprint density at radius 3 is 2.89 bits per heavy atom. The molecule has 1 heterocycles. The number of aryl methyl sites for hydroxylation is 1. The predicted molar refractivity (Wildman–Crippen MR) is 76.1 cm³/mol. The number of hydrogen-bond donors (Lipinski definition) is 1. The molecule has 0 unspecified atom stereocenters. The highest BCUT2D eigenvalue weighted by molar-refractivity contribution is 9.10. The maximum absolute atomic E-state index is 5.19. The normalized spacial score (nSPS) is 10.4.